The minimum Gasteiger partial charge on any atom is -0.504 e. The van der Waals surface area contributed by atoms with Crippen molar-refractivity contribution in [3.8, 4) is 0 Å². The summed E-state index contributed by atoms with van der Waals surface area (Å²) in [6.45, 7) is 1.65. The fraction of sp³-hybridized carbons (Fsp3) is 0.111. The Morgan fingerprint density at radius 2 is 1.86 bits per heavy atom. The number of aliphatic hydroxyl groups is 1. The Kier molecular flexibility index (Phi) is 5.12. The molecule has 2 aromatic heterocycles. The summed E-state index contributed by atoms with van der Waals surface area (Å²) in [6.07, 6.45) is 2.27. The molecule has 10 nitrogen and oxygen atoms in total. The van der Waals surface area contributed by atoms with Gasteiger partial charge in [-0.3, -0.25) is 9.59 Å². The number of ketones is 2. The van der Waals surface area contributed by atoms with Gasteiger partial charge in [0.05, 0.1) is 0 Å². The van der Waals surface area contributed by atoms with Gasteiger partial charge in [0.25, 0.3) is 0 Å². The van der Waals surface area contributed by atoms with E-state index in [0.29, 0.717) is 5.56 Å². The van der Waals surface area contributed by atoms with Crippen molar-refractivity contribution in [1.29, 1.82) is 0 Å². The van der Waals surface area contributed by atoms with Crippen molar-refractivity contribution in [2.24, 2.45) is 0 Å². The van der Waals surface area contributed by atoms with Crippen LogP contribution >= 0.6 is 0 Å². The molecule has 3 rings (SSSR count). The lowest BCUT2D eigenvalue weighted by atomic mass is 10.1. The molecule has 2 heterocycles. The molecule has 0 aliphatic rings. The molecule has 0 unspecified atom stereocenters. The number of hydrogen-bond acceptors (Lipinski definition) is 7. The number of aromatic amines is 1. The summed E-state index contributed by atoms with van der Waals surface area (Å²) in [7, 11) is 0. The molecule has 0 bridgehead atoms. The average Bonchev–Trinajstić information content (AvgIpc) is 3.32. The van der Waals surface area contributed by atoms with E-state index >= 15 is 0 Å². The van der Waals surface area contributed by atoms with Crippen LogP contribution in [0.1, 0.15) is 49.5 Å². The van der Waals surface area contributed by atoms with Crippen LogP contribution in [0.4, 0.5) is 0 Å². The van der Waals surface area contributed by atoms with Crippen molar-refractivity contribution in [3.63, 3.8) is 0 Å². The van der Waals surface area contributed by atoms with Crippen molar-refractivity contribution in [3.05, 3.63) is 70.8 Å². The smallest absolute Gasteiger partial charge is 0.352 e. The highest BCUT2D eigenvalue weighted by Gasteiger charge is 2.17. The van der Waals surface area contributed by atoms with Crippen LogP contribution in [-0.2, 0) is 6.54 Å². The van der Waals surface area contributed by atoms with E-state index in [1.807, 2.05) is 0 Å². The number of rotatable bonds is 7. The summed E-state index contributed by atoms with van der Waals surface area (Å²) in [4.78, 5) is 35.2. The second kappa shape index (κ2) is 7.66. The normalized spacial score (nSPS) is 11.4. The SMILES string of the molecule is CC(=O)c1ccc(Cn2cc(C(=O)C=C(O)c3nn[nH]n3)cc2C(=O)O)cc1. The number of nitrogens with zero attached hydrogens (tertiary/aromatic N) is 4. The number of aromatic nitrogens is 5. The Morgan fingerprint density at radius 3 is 2.43 bits per heavy atom. The largest absolute Gasteiger partial charge is 0.504 e. The first kappa shape index (κ1) is 18.7. The summed E-state index contributed by atoms with van der Waals surface area (Å²) in [5, 5.41) is 31.8. The van der Waals surface area contributed by atoms with Crippen molar-refractivity contribution in [1.82, 2.24) is 25.2 Å². The third-order valence-electron chi connectivity index (χ3n) is 3.96. The number of benzene rings is 1. The number of Topliss-reactive ketones (excluding diaryl/α,β-unsaturated/α-hetero) is 1. The van der Waals surface area contributed by atoms with Gasteiger partial charge in [-0.25, -0.2) is 4.79 Å². The minimum atomic E-state index is -1.20. The van der Waals surface area contributed by atoms with Crippen LogP contribution in [0.25, 0.3) is 5.76 Å². The lowest BCUT2D eigenvalue weighted by molar-refractivity contribution is 0.0685. The van der Waals surface area contributed by atoms with Crippen LogP contribution in [0.2, 0.25) is 0 Å². The van der Waals surface area contributed by atoms with Gasteiger partial charge in [-0.05, 0) is 23.8 Å². The number of allylic oxidation sites excluding steroid dienone is 1. The van der Waals surface area contributed by atoms with Crippen molar-refractivity contribution < 1.29 is 24.6 Å². The van der Waals surface area contributed by atoms with Gasteiger partial charge >= 0.3 is 5.97 Å². The van der Waals surface area contributed by atoms with E-state index in [9.17, 15) is 24.6 Å². The number of carboxylic acids is 1. The number of H-pyrrole nitrogens is 1. The lowest BCUT2D eigenvalue weighted by Gasteiger charge is -2.07. The second-order valence-corrected chi connectivity index (χ2v) is 5.93. The Hall–Kier alpha value is -4.08. The quantitative estimate of drug-likeness (QED) is 0.318. The molecule has 0 spiro atoms. The molecule has 0 aliphatic carbocycles. The fourth-order valence-corrected chi connectivity index (χ4v) is 2.54. The molecule has 1 aromatic carbocycles. The Balaban J connectivity index is 1.87. The predicted molar refractivity (Wildman–Crippen MR) is 96.1 cm³/mol. The molecule has 0 aliphatic heterocycles. The number of aromatic carboxylic acids is 1. The number of hydrogen-bond donors (Lipinski definition) is 3. The molecule has 0 atom stereocenters. The van der Waals surface area contributed by atoms with Crippen LogP contribution in [-0.4, -0.2) is 52.9 Å². The minimum absolute atomic E-state index is 0.0696. The zero-order valence-corrected chi connectivity index (χ0v) is 14.7. The van der Waals surface area contributed by atoms with Crippen LogP contribution < -0.4 is 0 Å². The molecule has 0 saturated heterocycles. The van der Waals surface area contributed by atoms with E-state index in [0.717, 1.165) is 11.6 Å². The predicted octanol–water partition coefficient (Wildman–Crippen LogP) is 1.73. The van der Waals surface area contributed by atoms with Gasteiger partial charge in [0.15, 0.2) is 17.3 Å². The van der Waals surface area contributed by atoms with E-state index in [2.05, 4.69) is 20.6 Å². The number of carbonyl (C=O) groups excluding carboxylic acids is 2. The standard InChI is InChI=1S/C18H15N5O5/c1-10(24)12-4-2-11(3-5-12)8-23-9-13(6-14(23)18(27)28)15(25)7-16(26)17-19-21-22-20-17/h2-7,9,26H,8H2,1H3,(H,27,28)(H,19,20,21,22). The molecular formula is C18H15N5O5. The monoisotopic (exact) mass is 381 g/mol. The first-order chi connectivity index (χ1) is 13.3. The van der Waals surface area contributed by atoms with E-state index in [1.165, 1.54) is 23.8 Å². The zero-order chi connectivity index (χ0) is 20.3. The van der Waals surface area contributed by atoms with Gasteiger partial charge in [-0.15, -0.1) is 10.2 Å². The van der Waals surface area contributed by atoms with Crippen molar-refractivity contribution >= 4 is 23.3 Å². The average molecular weight is 381 g/mol. The third-order valence-corrected chi connectivity index (χ3v) is 3.96. The van der Waals surface area contributed by atoms with E-state index in [1.54, 1.807) is 24.3 Å². The van der Waals surface area contributed by atoms with Gasteiger partial charge in [-0.1, -0.05) is 24.3 Å². The molecule has 28 heavy (non-hydrogen) atoms. The molecule has 0 radical (unpaired) electrons. The maximum Gasteiger partial charge on any atom is 0.352 e. The molecule has 10 heteroatoms. The maximum absolute atomic E-state index is 12.3. The third kappa shape index (κ3) is 4.01. The van der Waals surface area contributed by atoms with Gasteiger partial charge < -0.3 is 14.8 Å². The summed E-state index contributed by atoms with van der Waals surface area (Å²) in [6, 6.07) is 7.95. The molecule has 3 aromatic rings. The molecule has 3 N–H and O–H groups in total. The Labute approximate surface area is 158 Å². The Morgan fingerprint density at radius 1 is 1.14 bits per heavy atom. The zero-order valence-electron chi connectivity index (χ0n) is 14.7. The highest BCUT2D eigenvalue weighted by molar-refractivity contribution is 6.08. The molecular weight excluding hydrogens is 366 g/mol. The van der Waals surface area contributed by atoms with Crippen molar-refractivity contribution in [2.75, 3.05) is 0 Å². The van der Waals surface area contributed by atoms with Crippen LogP contribution in [0.15, 0.2) is 42.6 Å². The summed E-state index contributed by atoms with van der Waals surface area (Å²) < 4.78 is 1.40. The topological polar surface area (TPSA) is 151 Å². The molecule has 142 valence electrons. The molecule has 0 amide bonds. The molecule has 0 saturated carbocycles. The number of carbonyl (C=O) groups is 3. The summed E-state index contributed by atoms with van der Waals surface area (Å²) >= 11 is 0. The number of tetrazole rings is 1. The van der Waals surface area contributed by atoms with Gasteiger partial charge in [0.2, 0.25) is 5.82 Å². The highest BCUT2D eigenvalue weighted by atomic mass is 16.4. The van der Waals surface area contributed by atoms with Crippen LogP contribution in [0.3, 0.4) is 0 Å². The lowest BCUT2D eigenvalue weighted by Crippen LogP contribution is -2.08. The number of aliphatic hydroxyl groups excluding tert-OH is 1. The Bertz CT molecular complexity index is 1060. The number of carboxylic acid groups (broad SMARTS) is 1. The molecule has 0 fully saturated rings. The van der Waals surface area contributed by atoms with Gasteiger partial charge in [-0.2, -0.15) is 5.21 Å². The van der Waals surface area contributed by atoms with Crippen LogP contribution in [0, 0.1) is 0 Å². The fourth-order valence-electron chi connectivity index (χ4n) is 2.54. The van der Waals surface area contributed by atoms with Crippen LogP contribution in [0.5, 0.6) is 0 Å². The van der Waals surface area contributed by atoms with Crippen molar-refractivity contribution in [2.45, 2.75) is 13.5 Å². The van der Waals surface area contributed by atoms with Gasteiger partial charge in [0.1, 0.15) is 5.69 Å². The van der Waals surface area contributed by atoms with E-state index in [-0.39, 0.29) is 29.4 Å². The van der Waals surface area contributed by atoms with Gasteiger partial charge in [0, 0.05) is 29.9 Å². The summed E-state index contributed by atoms with van der Waals surface area (Å²) in [5.41, 5.74) is 1.29. The first-order valence-electron chi connectivity index (χ1n) is 8.07. The summed E-state index contributed by atoms with van der Waals surface area (Å²) in [5.74, 6) is -2.54. The van der Waals surface area contributed by atoms with E-state index in [4.69, 9.17) is 0 Å². The number of nitrogens with one attached hydrogen (secondary N) is 1. The maximum atomic E-state index is 12.3. The first-order valence-corrected chi connectivity index (χ1v) is 8.07. The van der Waals surface area contributed by atoms with E-state index < -0.39 is 17.5 Å². The highest BCUT2D eigenvalue weighted by Crippen LogP contribution is 2.16. The second-order valence-electron chi connectivity index (χ2n) is 5.93.